The van der Waals surface area contributed by atoms with Crippen LogP contribution in [0, 0.1) is 11.8 Å². The van der Waals surface area contributed by atoms with Gasteiger partial charge < -0.3 is 14.7 Å². The fourth-order valence-corrected chi connectivity index (χ4v) is 3.24. The second-order valence-corrected chi connectivity index (χ2v) is 7.84. The molecule has 0 spiro atoms. The lowest BCUT2D eigenvalue weighted by Gasteiger charge is -2.22. The molecule has 0 aliphatic heterocycles. The summed E-state index contributed by atoms with van der Waals surface area (Å²) in [7, 11) is 0. The van der Waals surface area contributed by atoms with Gasteiger partial charge in [0.15, 0.2) is 11.5 Å². The van der Waals surface area contributed by atoms with Gasteiger partial charge in [-0.15, -0.1) is 11.3 Å². The standard InChI is InChI=1S/C18H23N3O3S/c1-12(2)10-21(18(23)16-4-3-7-25-16)11-14-8-15(20-24-14)17(22)19-9-13-5-6-13/h3-4,7-8,12-13H,5-6,9-11H2,1-2H3,(H,19,22). The Morgan fingerprint density at radius 1 is 1.44 bits per heavy atom. The number of amides is 2. The molecule has 134 valence electrons. The minimum absolute atomic E-state index is 0.0279. The van der Waals surface area contributed by atoms with Crippen LogP contribution in [0.4, 0.5) is 0 Å². The third-order valence-electron chi connectivity index (χ3n) is 3.99. The molecular formula is C18H23N3O3S. The average molecular weight is 361 g/mol. The first kappa shape index (κ1) is 17.7. The third kappa shape index (κ3) is 4.92. The van der Waals surface area contributed by atoms with E-state index in [9.17, 15) is 9.59 Å². The van der Waals surface area contributed by atoms with Crippen molar-refractivity contribution in [3.8, 4) is 0 Å². The van der Waals surface area contributed by atoms with Crippen LogP contribution in [-0.2, 0) is 6.54 Å². The molecule has 7 heteroatoms. The molecule has 0 saturated heterocycles. The number of carbonyl (C=O) groups excluding carboxylic acids is 2. The van der Waals surface area contributed by atoms with Crippen molar-refractivity contribution in [1.82, 2.24) is 15.4 Å². The molecule has 1 fully saturated rings. The van der Waals surface area contributed by atoms with Crippen LogP contribution in [0.15, 0.2) is 28.1 Å². The van der Waals surface area contributed by atoms with E-state index in [2.05, 4.69) is 24.3 Å². The number of aromatic nitrogens is 1. The number of hydrogen-bond acceptors (Lipinski definition) is 5. The molecular weight excluding hydrogens is 338 g/mol. The van der Waals surface area contributed by atoms with Gasteiger partial charge in [-0.05, 0) is 36.1 Å². The van der Waals surface area contributed by atoms with Crippen molar-refractivity contribution in [2.75, 3.05) is 13.1 Å². The Bertz CT molecular complexity index is 720. The number of carbonyl (C=O) groups is 2. The molecule has 2 heterocycles. The number of thiophene rings is 1. The summed E-state index contributed by atoms with van der Waals surface area (Å²) in [5, 5.41) is 8.60. The fraction of sp³-hybridized carbons (Fsp3) is 0.500. The Labute approximate surface area is 151 Å². The summed E-state index contributed by atoms with van der Waals surface area (Å²) in [6.07, 6.45) is 2.36. The summed E-state index contributed by atoms with van der Waals surface area (Å²) < 4.78 is 5.29. The topological polar surface area (TPSA) is 75.4 Å². The van der Waals surface area contributed by atoms with Crippen LogP contribution >= 0.6 is 11.3 Å². The van der Waals surface area contributed by atoms with Gasteiger partial charge >= 0.3 is 0 Å². The van der Waals surface area contributed by atoms with Crippen molar-refractivity contribution in [1.29, 1.82) is 0 Å². The fourth-order valence-electron chi connectivity index (χ4n) is 2.55. The maximum absolute atomic E-state index is 12.7. The highest BCUT2D eigenvalue weighted by Crippen LogP contribution is 2.27. The van der Waals surface area contributed by atoms with Crippen molar-refractivity contribution >= 4 is 23.2 Å². The first-order chi connectivity index (χ1) is 12.0. The SMILES string of the molecule is CC(C)CN(Cc1cc(C(=O)NCC2CC2)no1)C(=O)c1cccs1. The Kier molecular flexibility index (Phi) is 5.53. The highest BCUT2D eigenvalue weighted by atomic mass is 32.1. The first-order valence-electron chi connectivity index (χ1n) is 8.59. The normalized spacial score (nSPS) is 13.9. The molecule has 1 aliphatic rings. The predicted octanol–water partition coefficient (Wildman–Crippen LogP) is 3.17. The van der Waals surface area contributed by atoms with E-state index >= 15 is 0 Å². The summed E-state index contributed by atoms with van der Waals surface area (Å²) >= 11 is 1.42. The van der Waals surface area contributed by atoms with Gasteiger partial charge in [0.05, 0.1) is 11.4 Å². The number of nitrogens with one attached hydrogen (secondary N) is 1. The maximum Gasteiger partial charge on any atom is 0.273 e. The summed E-state index contributed by atoms with van der Waals surface area (Å²) in [6, 6.07) is 5.30. The van der Waals surface area contributed by atoms with Crippen LogP contribution in [0.2, 0.25) is 0 Å². The van der Waals surface area contributed by atoms with Gasteiger partial charge in [0, 0.05) is 19.2 Å². The van der Waals surface area contributed by atoms with Crippen LogP contribution in [0.1, 0.15) is 52.6 Å². The molecule has 0 bridgehead atoms. The maximum atomic E-state index is 12.7. The van der Waals surface area contributed by atoms with Gasteiger partial charge in [-0.25, -0.2) is 0 Å². The van der Waals surface area contributed by atoms with Gasteiger partial charge in [-0.1, -0.05) is 25.1 Å². The quantitative estimate of drug-likeness (QED) is 0.783. The molecule has 2 amide bonds. The van der Waals surface area contributed by atoms with Gasteiger partial charge in [0.25, 0.3) is 11.8 Å². The molecule has 6 nitrogen and oxygen atoms in total. The van der Waals surface area contributed by atoms with Gasteiger partial charge in [-0.2, -0.15) is 0 Å². The minimum atomic E-state index is -0.220. The van der Waals surface area contributed by atoms with E-state index in [0.29, 0.717) is 42.1 Å². The Hall–Kier alpha value is -2.15. The summed E-state index contributed by atoms with van der Waals surface area (Å²) in [5.41, 5.74) is 0.267. The third-order valence-corrected chi connectivity index (χ3v) is 4.85. The lowest BCUT2D eigenvalue weighted by Crippen LogP contribution is -2.33. The molecule has 2 aromatic heterocycles. The van der Waals surface area contributed by atoms with E-state index in [0.717, 1.165) is 0 Å². The van der Waals surface area contributed by atoms with E-state index < -0.39 is 0 Å². The van der Waals surface area contributed by atoms with Crippen molar-refractivity contribution in [2.45, 2.75) is 33.2 Å². The largest absolute Gasteiger partial charge is 0.359 e. The van der Waals surface area contributed by atoms with E-state index in [1.807, 2.05) is 17.5 Å². The lowest BCUT2D eigenvalue weighted by atomic mass is 10.2. The Morgan fingerprint density at radius 2 is 2.24 bits per heavy atom. The smallest absolute Gasteiger partial charge is 0.273 e. The molecule has 25 heavy (non-hydrogen) atoms. The zero-order chi connectivity index (χ0) is 17.8. The summed E-state index contributed by atoms with van der Waals surface area (Å²) in [4.78, 5) is 27.2. The molecule has 1 aliphatic carbocycles. The molecule has 0 radical (unpaired) electrons. The molecule has 1 N–H and O–H groups in total. The van der Waals surface area contributed by atoms with Gasteiger partial charge in [0.2, 0.25) is 0 Å². The number of hydrogen-bond donors (Lipinski definition) is 1. The minimum Gasteiger partial charge on any atom is -0.359 e. The Morgan fingerprint density at radius 3 is 2.88 bits per heavy atom. The molecule has 0 unspecified atom stereocenters. The van der Waals surface area contributed by atoms with Crippen molar-refractivity contribution in [2.24, 2.45) is 11.8 Å². The monoisotopic (exact) mass is 361 g/mol. The summed E-state index contributed by atoms with van der Waals surface area (Å²) in [6.45, 7) is 5.73. The van der Waals surface area contributed by atoms with E-state index in [4.69, 9.17) is 4.52 Å². The van der Waals surface area contributed by atoms with Crippen LogP contribution < -0.4 is 5.32 Å². The van der Waals surface area contributed by atoms with Crippen LogP contribution in [0.3, 0.4) is 0 Å². The van der Waals surface area contributed by atoms with Crippen LogP contribution in [-0.4, -0.2) is 35.0 Å². The van der Waals surface area contributed by atoms with Crippen molar-refractivity contribution in [3.05, 3.63) is 39.9 Å². The average Bonchev–Trinajstić information content (AvgIpc) is 3.05. The lowest BCUT2D eigenvalue weighted by molar-refractivity contribution is 0.0710. The van der Waals surface area contributed by atoms with Crippen LogP contribution in [0.5, 0.6) is 0 Å². The predicted molar refractivity (Wildman–Crippen MR) is 95.5 cm³/mol. The molecule has 0 atom stereocenters. The van der Waals surface area contributed by atoms with Crippen LogP contribution in [0.25, 0.3) is 0 Å². The van der Waals surface area contributed by atoms with Gasteiger partial charge in [0.1, 0.15) is 0 Å². The van der Waals surface area contributed by atoms with Crippen molar-refractivity contribution < 1.29 is 14.1 Å². The highest BCUT2D eigenvalue weighted by Gasteiger charge is 2.24. The zero-order valence-electron chi connectivity index (χ0n) is 14.5. The molecule has 3 rings (SSSR count). The van der Waals surface area contributed by atoms with Crippen molar-refractivity contribution in [3.63, 3.8) is 0 Å². The van der Waals surface area contributed by atoms with Gasteiger partial charge in [-0.3, -0.25) is 9.59 Å². The zero-order valence-corrected chi connectivity index (χ0v) is 15.3. The second-order valence-electron chi connectivity index (χ2n) is 6.89. The van der Waals surface area contributed by atoms with E-state index in [1.54, 1.807) is 11.0 Å². The molecule has 0 aromatic carbocycles. The Balaban J connectivity index is 1.64. The van der Waals surface area contributed by atoms with E-state index in [-0.39, 0.29) is 17.5 Å². The first-order valence-corrected chi connectivity index (χ1v) is 9.47. The number of nitrogens with zero attached hydrogens (tertiary/aromatic N) is 2. The molecule has 1 saturated carbocycles. The van der Waals surface area contributed by atoms with E-state index in [1.165, 1.54) is 24.2 Å². The second kappa shape index (κ2) is 7.82. The molecule has 2 aromatic rings. The summed E-state index contributed by atoms with van der Waals surface area (Å²) in [5.74, 6) is 1.21. The number of rotatable bonds is 8. The highest BCUT2D eigenvalue weighted by molar-refractivity contribution is 7.12.